The van der Waals surface area contributed by atoms with Gasteiger partial charge in [0.1, 0.15) is 0 Å². The van der Waals surface area contributed by atoms with E-state index in [2.05, 4.69) is 24.5 Å². The minimum atomic E-state index is 0.237. The molecule has 0 aliphatic carbocycles. The van der Waals surface area contributed by atoms with Crippen LogP contribution in [0.5, 0.6) is 0 Å². The second kappa shape index (κ2) is 17.6. The zero-order chi connectivity index (χ0) is 18.8. The topological polar surface area (TPSA) is 67.2 Å². The molecule has 4 heteroatoms. The number of unbranched alkanes of at least 4 members (excludes halogenated alkanes) is 6. The number of nitrogens with one attached hydrogen (secondary N) is 2. The molecule has 0 radical (unpaired) electrons. The van der Waals surface area contributed by atoms with E-state index in [1.165, 1.54) is 38.5 Å². The minimum absolute atomic E-state index is 0.237. The summed E-state index contributed by atoms with van der Waals surface area (Å²) in [5, 5.41) is 6.51. The molecule has 148 valence electrons. The molecule has 0 saturated heterocycles. The number of carbonyl (C=O) groups is 1. The molecule has 1 amide bonds. The number of nitrogens with two attached hydrogens (primary N) is 1. The maximum absolute atomic E-state index is 12.2. The molecule has 0 atom stereocenters. The number of hydrogen-bond acceptors (Lipinski definition) is 3. The Morgan fingerprint density at radius 3 is 2.12 bits per heavy atom. The maximum Gasteiger partial charge on any atom is 0.220 e. The summed E-state index contributed by atoms with van der Waals surface area (Å²) >= 11 is 0. The zero-order valence-electron chi connectivity index (χ0n) is 17.0. The first-order chi connectivity index (χ1) is 12.1. The van der Waals surface area contributed by atoms with Crippen LogP contribution in [-0.4, -0.2) is 18.5 Å². The van der Waals surface area contributed by atoms with Crippen LogP contribution in [0.4, 0.5) is 0 Å². The fraction of sp³-hybridized carbons (Fsp3) is 0.857. The Labute approximate surface area is 156 Å². The van der Waals surface area contributed by atoms with Gasteiger partial charge in [0.25, 0.3) is 0 Å². The second-order valence-electron chi connectivity index (χ2n) is 7.09. The van der Waals surface area contributed by atoms with Gasteiger partial charge >= 0.3 is 0 Å². The van der Waals surface area contributed by atoms with E-state index in [1.54, 1.807) is 0 Å². The first-order valence-electron chi connectivity index (χ1n) is 10.6. The normalized spacial score (nSPS) is 11.8. The fourth-order valence-corrected chi connectivity index (χ4v) is 2.86. The largest absolute Gasteiger partial charge is 0.401 e. The van der Waals surface area contributed by atoms with Gasteiger partial charge in [-0.25, -0.2) is 0 Å². The van der Waals surface area contributed by atoms with Gasteiger partial charge in [0.2, 0.25) is 5.91 Å². The zero-order valence-corrected chi connectivity index (χ0v) is 17.0. The van der Waals surface area contributed by atoms with Crippen LogP contribution >= 0.6 is 0 Å². The molecule has 0 aliphatic heterocycles. The van der Waals surface area contributed by atoms with Crippen molar-refractivity contribution in [3.8, 4) is 0 Å². The van der Waals surface area contributed by atoms with Crippen molar-refractivity contribution < 1.29 is 4.79 Å². The molecule has 4 N–H and O–H groups in total. The Morgan fingerprint density at radius 2 is 1.56 bits per heavy atom. The summed E-state index contributed by atoms with van der Waals surface area (Å²) in [4.78, 5) is 12.2. The second-order valence-corrected chi connectivity index (χ2v) is 7.09. The van der Waals surface area contributed by atoms with E-state index in [0.717, 1.165) is 50.8 Å². The summed E-state index contributed by atoms with van der Waals surface area (Å²) in [7, 11) is 0. The maximum atomic E-state index is 12.2. The van der Waals surface area contributed by atoms with Gasteiger partial charge in [-0.05, 0) is 32.1 Å². The van der Waals surface area contributed by atoms with Crippen molar-refractivity contribution in [2.75, 3.05) is 6.54 Å². The predicted molar refractivity (Wildman–Crippen MR) is 109 cm³/mol. The van der Waals surface area contributed by atoms with Crippen LogP contribution in [0.2, 0.25) is 0 Å². The lowest BCUT2D eigenvalue weighted by Gasteiger charge is -2.18. The highest BCUT2D eigenvalue weighted by atomic mass is 16.1. The SMILES string of the molecule is CCCCCC(CCCCC)NC(=O)CCCCCN/C=C(\N)CC. The van der Waals surface area contributed by atoms with Crippen LogP contribution in [0.3, 0.4) is 0 Å². The van der Waals surface area contributed by atoms with Gasteiger partial charge in [-0.1, -0.05) is 65.7 Å². The highest BCUT2D eigenvalue weighted by Crippen LogP contribution is 2.12. The van der Waals surface area contributed by atoms with E-state index in [9.17, 15) is 4.79 Å². The average Bonchev–Trinajstić information content (AvgIpc) is 2.60. The van der Waals surface area contributed by atoms with E-state index in [1.807, 2.05) is 13.1 Å². The molecule has 0 bridgehead atoms. The molecule has 0 aromatic carbocycles. The number of carbonyl (C=O) groups excluding carboxylic acids is 1. The lowest BCUT2D eigenvalue weighted by atomic mass is 10.0. The van der Waals surface area contributed by atoms with Crippen LogP contribution in [-0.2, 0) is 4.79 Å². The first-order valence-corrected chi connectivity index (χ1v) is 10.6. The number of amides is 1. The lowest BCUT2D eigenvalue weighted by Crippen LogP contribution is -2.34. The molecule has 0 unspecified atom stereocenters. The van der Waals surface area contributed by atoms with Crippen LogP contribution in [0, 0.1) is 0 Å². The Hall–Kier alpha value is -1.19. The van der Waals surface area contributed by atoms with Crippen LogP contribution < -0.4 is 16.4 Å². The molecule has 0 heterocycles. The van der Waals surface area contributed by atoms with Crippen molar-refractivity contribution in [2.24, 2.45) is 5.73 Å². The molecule has 4 nitrogen and oxygen atoms in total. The van der Waals surface area contributed by atoms with Crippen molar-refractivity contribution in [3.05, 3.63) is 11.9 Å². The van der Waals surface area contributed by atoms with Gasteiger partial charge < -0.3 is 16.4 Å². The Bertz CT molecular complexity index is 332. The first kappa shape index (κ1) is 23.8. The highest BCUT2D eigenvalue weighted by molar-refractivity contribution is 5.76. The molecular formula is C21H43N3O. The van der Waals surface area contributed by atoms with Crippen LogP contribution in [0.25, 0.3) is 0 Å². The number of rotatable bonds is 17. The van der Waals surface area contributed by atoms with Crippen LogP contribution in [0.15, 0.2) is 11.9 Å². The summed E-state index contributed by atoms with van der Waals surface area (Å²) in [5.41, 5.74) is 6.62. The van der Waals surface area contributed by atoms with Crippen molar-refractivity contribution >= 4 is 5.91 Å². The third kappa shape index (κ3) is 16.0. The van der Waals surface area contributed by atoms with Gasteiger partial charge in [-0.15, -0.1) is 0 Å². The average molecular weight is 354 g/mol. The quantitative estimate of drug-likeness (QED) is 0.323. The van der Waals surface area contributed by atoms with Gasteiger partial charge in [0, 0.05) is 30.9 Å². The smallest absolute Gasteiger partial charge is 0.220 e. The molecule has 0 rings (SSSR count). The predicted octanol–water partition coefficient (Wildman–Crippen LogP) is 4.99. The monoisotopic (exact) mass is 353 g/mol. The molecule has 25 heavy (non-hydrogen) atoms. The molecule has 0 aromatic rings. The fourth-order valence-electron chi connectivity index (χ4n) is 2.86. The van der Waals surface area contributed by atoms with E-state index < -0.39 is 0 Å². The third-order valence-electron chi connectivity index (χ3n) is 4.60. The van der Waals surface area contributed by atoms with Crippen molar-refractivity contribution in [3.63, 3.8) is 0 Å². The van der Waals surface area contributed by atoms with Crippen molar-refractivity contribution in [1.82, 2.24) is 10.6 Å². The van der Waals surface area contributed by atoms with E-state index in [-0.39, 0.29) is 5.91 Å². The summed E-state index contributed by atoms with van der Waals surface area (Å²) in [5.74, 6) is 0.237. The molecule has 0 fully saturated rings. The third-order valence-corrected chi connectivity index (χ3v) is 4.60. The van der Waals surface area contributed by atoms with E-state index in [0.29, 0.717) is 12.5 Å². The summed E-state index contributed by atoms with van der Waals surface area (Å²) in [6, 6.07) is 0.384. The molecule has 0 aliphatic rings. The Kier molecular flexibility index (Phi) is 16.8. The van der Waals surface area contributed by atoms with Gasteiger partial charge in [-0.3, -0.25) is 4.79 Å². The summed E-state index contributed by atoms with van der Waals surface area (Å²) < 4.78 is 0. The van der Waals surface area contributed by atoms with Gasteiger partial charge in [-0.2, -0.15) is 0 Å². The lowest BCUT2D eigenvalue weighted by molar-refractivity contribution is -0.122. The standard InChI is InChI=1S/C21H43N3O/c1-4-7-10-14-20(15-11-8-5-2)24-21(25)16-12-9-13-17-23-18-19(22)6-3/h18,20,23H,4-17,22H2,1-3H3,(H,24,25)/b19-18-. The Balaban J connectivity index is 3.84. The summed E-state index contributed by atoms with van der Waals surface area (Å²) in [6.07, 6.45) is 16.3. The van der Waals surface area contributed by atoms with E-state index >= 15 is 0 Å². The number of hydrogen-bond donors (Lipinski definition) is 3. The van der Waals surface area contributed by atoms with Crippen molar-refractivity contribution in [2.45, 2.75) is 110 Å². The minimum Gasteiger partial charge on any atom is -0.401 e. The van der Waals surface area contributed by atoms with Crippen molar-refractivity contribution in [1.29, 1.82) is 0 Å². The molecular weight excluding hydrogens is 310 g/mol. The van der Waals surface area contributed by atoms with Gasteiger partial charge in [0.15, 0.2) is 0 Å². The highest BCUT2D eigenvalue weighted by Gasteiger charge is 2.11. The molecule has 0 saturated carbocycles. The van der Waals surface area contributed by atoms with Gasteiger partial charge in [0.05, 0.1) is 0 Å². The molecule has 0 aromatic heterocycles. The molecule has 0 spiro atoms. The number of allylic oxidation sites excluding steroid dienone is 1. The van der Waals surface area contributed by atoms with Crippen LogP contribution in [0.1, 0.15) is 104 Å². The Morgan fingerprint density at radius 1 is 0.920 bits per heavy atom. The summed E-state index contributed by atoms with van der Waals surface area (Å²) in [6.45, 7) is 7.43. The van der Waals surface area contributed by atoms with E-state index in [4.69, 9.17) is 5.73 Å².